The first-order valence-corrected chi connectivity index (χ1v) is 7.98. The van der Waals surface area contributed by atoms with Crippen molar-refractivity contribution in [3.05, 3.63) is 35.4 Å². The second kappa shape index (κ2) is 11.7. The maximum Gasteiger partial charge on any atom is 0.237 e. The van der Waals surface area contributed by atoms with Gasteiger partial charge >= 0.3 is 0 Å². The molecule has 2 rings (SSSR count). The number of halogens is 2. The number of hydrogen-bond acceptors (Lipinski definition) is 4. The molecule has 0 aromatic heterocycles. The van der Waals surface area contributed by atoms with Crippen molar-refractivity contribution in [3.63, 3.8) is 0 Å². The third-order valence-corrected chi connectivity index (χ3v) is 4.09. The van der Waals surface area contributed by atoms with E-state index >= 15 is 0 Å². The molecule has 0 radical (unpaired) electrons. The summed E-state index contributed by atoms with van der Waals surface area (Å²) in [5, 5.41) is 2.95. The average molecular weight is 378 g/mol. The molecule has 138 valence electrons. The smallest absolute Gasteiger partial charge is 0.237 e. The van der Waals surface area contributed by atoms with Crippen LogP contribution in [-0.4, -0.2) is 43.2 Å². The Hall–Kier alpha value is -0.850. The Balaban J connectivity index is 0.00000264. The van der Waals surface area contributed by atoms with Crippen molar-refractivity contribution >= 4 is 30.7 Å². The van der Waals surface area contributed by atoms with Crippen molar-refractivity contribution in [2.75, 3.05) is 26.3 Å². The lowest BCUT2D eigenvalue weighted by molar-refractivity contribution is -0.123. The molecule has 7 heteroatoms. The Kier molecular flexibility index (Phi) is 11.2. The summed E-state index contributed by atoms with van der Waals surface area (Å²) in [6.07, 6.45) is 0. The van der Waals surface area contributed by atoms with Crippen LogP contribution in [-0.2, 0) is 22.6 Å². The zero-order valence-corrected chi connectivity index (χ0v) is 16.0. The summed E-state index contributed by atoms with van der Waals surface area (Å²) in [5.41, 5.74) is 8.28. The largest absolute Gasteiger partial charge is 0.379 e. The van der Waals surface area contributed by atoms with Gasteiger partial charge in [0.1, 0.15) is 0 Å². The van der Waals surface area contributed by atoms with E-state index in [2.05, 4.69) is 22.3 Å². The zero-order chi connectivity index (χ0) is 15.9. The number of nitrogens with zero attached hydrogens (tertiary/aromatic N) is 1. The van der Waals surface area contributed by atoms with Crippen molar-refractivity contribution in [2.24, 2.45) is 11.7 Å². The summed E-state index contributed by atoms with van der Waals surface area (Å²) >= 11 is 0. The quantitative estimate of drug-likeness (QED) is 0.794. The zero-order valence-electron chi connectivity index (χ0n) is 14.4. The topological polar surface area (TPSA) is 67.6 Å². The molecule has 1 saturated heterocycles. The van der Waals surface area contributed by atoms with E-state index < -0.39 is 6.04 Å². The molecule has 1 aliphatic heterocycles. The fourth-order valence-corrected chi connectivity index (χ4v) is 2.49. The molecule has 1 amide bonds. The lowest BCUT2D eigenvalue weighted by Crippen LogP contribution is -2.43. The molecular formula is C17H29Cl2N3O2. The van der Waals surface area contributed by atoms with Gasteiger partial charge in [-0.15, -0.1) is 24.8 Å². The average Bonchev–Trinajstić information content (AvgIpc) is 2.54. The summed E-state index contributed by atoms with van der Waals surface area (Å²) in [6.45, 7) is 8.83. The molecule has 1 aliphatic rings. The Morgan fingerprint density at radius 3 is 2.38 bits per heavy atom. The van der Waals surface area contributed by atoms with Crippen molar-refractivity contribution in [1.82, 2.24) is 10.2 Å². The number of rotatable bonds is 6. The summed E-state index contributed by atoms with van der Waals surface area (Å²) in [4.78, 5) is 14.4. The lowest BCUT2D eigenvalue weighted by Gasteiger charge is -2.27. The molecule has 1 atom stereocenters. The Labute approximate surface area is 157 Å². The van der Waals surface area contributed by atoms with Crippen LogP contribution in [0.4, 0.5) is 0 Å². The third-order valence-electron chi connectivity index (χ3n) is 4.09. The fourth-order valence-electron chi connectivity index (χ4n) is 2.49. The van der Waals surface area contributed by atoms with Crippen LogP contribution in [0.15, 0.2) is 24.3 Å². The van der Waals surface area contributed by atoms with Crippen molar-refractivity contribution < 1.29 is 9.53 Å². The van der Waals surface area contributed by atoms with Gasteiger partial charge in [-0.2, -0.15) is 0 Å². The first-order chi connectivity index (χ1) is 10.6. The first-order valence-electron chi connectivity index (χ1n) is 7.98. The number of amides is 1. The number of carbonyl (C=O) groups is 1. The number of ether oxygens (including phenoxy) is 1. The van der Waals surface area contributed by atoms with Gasteiger partial charge in [0.25, 0.3) is 0 Å². The van der Waals surface area contributed by atoms with Gasteiger partial charge in [-0.25, -0.2) is 0 Å². The fraction of sp³-hybridized carbons (Fsp3) is 0.588. The van der Waals surface area contributed by atoms with E-state index in [0.29, 0.717) is 6.54 Å². The molecule has 1 aromatic carbocycles. The van der Waals surface area contributed by atoms with Gasteiger partial charge in [-0.3, -0.25) is 9.69 Å². The molecule has 0 spiro atoms. The maximum absolute atomic E-state index is 12.0. The minimum atomic E-state index is -0.452. The number of benzene rings is 1. The predicted octanol–water partition coefficient (Wildman–Crippen LogP) is 1.96. The van der Waals surface area contributed by atoms with Crippen LogP contribution in [0.3, 0.4) is 0 Å². The molecule has 1 aromatic rings. The van der Waals surface area contributed by atoms with Crippen molar-refractivity contribution in [2.45, 2.75) is 33.0 Å². The molecular weight excluding hydrogens is 349 g/mol. The molecule has 5 nitrogen and oxygen atoms in total. The minimum absolute atomic E-state index is 0. The van der Waals surface area contributed by atoms with Crippen LogP contribution in [0.5, 0.6) is 0 Å². The maximum atomic E-state index is 12.0. The molecule has 24 heavy (non-hydrogen) atoms. The summed E-state index contributed by atoms with van der Waals surface area (Å²) < 4.78 is 5.38. The normalized spacial score (nSPS) is 16.0. The van der Waals surface area contributed by atoms with Crippen LogP contribution < -0.4 is 11.1 Å². The van der Waals surface area contributed by atoms with E-state index in [-0.39, 0.29) is 36.6 Å². The highest BCUT2D eigenvalue weighted by Gasteiger charge is 2.17. The van der Waals surface area contributed by atoms with Gasteiger partial charge in [-0.1, -0.05) is 38.1 Å². The Morgan fingerprint density at radius 1 is 1.21 bits per heavy atom. The van der Waals surface area contributed by atoms with E-state index in [1.165, 1.54) is 5.56 Å². The van der Waals surface area contributed by atoms with Gasteiger partial charge in [0.2, 0.25) is 5.91 Å². The standard InChI is InChI=1S/C17H27N3O2.2ClH/c1-13(2)16(18)17(21)19-11-14-5-3-4-6-15(14)12-20-7-9-22-10-8-20;;/h3-6,13,16H,7-12,18H2,1-2H3,(H,19,21);2*1H. The van der Waals surface area contributed by atoms with Crippen LogP contribution in [0, 0.1) is 5.92 Å². The van der Waals surface area contributed by atoms with Crippen LogP contribution in [0.25, 0.3) is 0 Å². The van der Waals surface area contributed by atoms with Gasteiger partial charge in [-0.05, 0) is 17.0 Å². The van der Waals surface area contributed by atoms with E-state index in [1.807, 2.05) is 26.0 Å². The summed E-state index contributed by atoms with van der Waals surface area (Å²) in [7, 11) is 0. The van der Waals surface area contributed by atoms with Gasteiger partial charge in [0, 0.05) is 26.2 Å². The minimum Gasteiger partial charge on any atom is -0.379 e. The number of carbonyl (C=O) groups excluding carboxylic acids is 1. The van der Waals surface area contributed by atoms with Crippen molar-refractivity contribution in [1.29, 1.82) is 0 Å². The van der Waals surface area contributed by atoms with Crippen LogP contribution >= 0.6 is 24.8 Å². The Bertz CT molecular complexity index is 494. The second-order valence-corrected chi connectivity index (χ2v) is 6.14. The summed E-state index contributed by atoms with van der Waals surface area (Å²) in [5.74, 6) is 0.0553. The second-order valence-electron chi connectivity index (χ2n) is 6.14. The molecule has 0 aliphatic carbocycles. The number of nitrogens with two attached hydrogens (primary N) is 1. The van der Waals surface area contributed by atoms with Gasteiger partial charge < -0.3 is 15.8 Å². The Morgan fingerprint density at radius 2 is 1.79 bits per heavy atom. The first kappa shape index (κ1) is 23.1. The highest BCUT2D eigenvalue weighted by Crippen LogP contribution is 2.13. The summed E-state index contributed by atoms with van der Waals surface area (Å²) in [6, 6.07) is 7.79. The van der Waals surface area contributed by atoms with E-state index in [0.717, 1.165) is 38.4 Å². The monoisotopic (exact) mass is 377 g/mol. The molecule has 1 unspecified atom stereocenters. The third kappa shape index (κ3) is 6.95. The molecule has 1 fully saturated rings. The molecule has 0 saturated carbocycles. The van der Waals surface area contributed by atoms with Gasteiger partial charge in [0.05, 0.1) is 19.3 Å². The lowest BCUT2D eigenvalue weighted by atomic mass is 10.0. The van der Waals surface area contributed by atoms with E-state index in [1.54, 1.807) is 0 Å². The number of hydrogen-bond donors (Lipinski definition) is 2. The van der Waals surface area contributed by atoms with E-state index in [9.17, 15) is 4.79 Å². The molecule has 0 bridgehead atoms. The number of morpholine rings is 1. The SMILES string of the molecule is CC(C)C(N)C(=O)NCc1ccccc1CN1CCOCC1.Cl.Cl. The van der Waals surface area contributed by atoms with Crippen LogP contribution in [0.1, 0.15) is 25.0 Å². The van der Waals surface area contributed by atoms with Crippen molar-refractivity contribution in [3.8, 4) is 0 Å². The highest BCUT2D eigenvalue weighted by atomic mass is 35.5. The predicted molar refractivity (Wildman–Crippen MR) is 102 cm³/mol. The number of nitrogens with one attached hydrogen (secondary N) is 1. The van der Waals surface area contributed by atoms with Crippen LogP contribution in [0.2, 0.25) is 0 Å². The van der Waals surface area contributed by atoms with E-state index in [4.69, 9.17) is 10.5 Å². The van der Waals surface area contributed by atoms with Gasteiger partial charge in [0.15, 0.2) is 0 Å². The highest BCUT2D eigenvalue weighted by molar-refractivity contribution is 5.85. The molecule has 1 heterocycles. The molecule has 3 N–H and O–H groups in total.